The predicted molar refractivity (Wildman–Crippen MR) is 66.3 cm³/mol. The zero-order chi connectivity index (χ0) is 11.3. The van der Waals surface area contributed by atoms with E-state index in [1.54, 1.807) is 11.8 Å². The molecule has 1 unspecified atom stereocenters. The number of benzene rings is 1. The van der Waals surface area contributed by atoms with E-state index in [4.69, 9.17) is 10.8 Å². The lowest BCUT2D eigenvalue weighted by molar-refractivity contribution is 0.247. The fourth-order valence-electron chi connectivity index (χ4n) is 1.60. The molecule has 0 radical (unpaired) electrons. The number of aliphatic hydroxyl groups excluding tert-OH is 1. The number of thioether (sulfide) groups is 1. The molecule has 1 aromatic rings. The van der Waals surface area contributed by atoms with Crippen molar-refractivity contribution in [2.75, 3.05) is 19.4 Å². The molecule has 0 aliphatic heterocycles. The predicted octanol–water partition coefficient (Wildman–Crippen LogP) is 2.01. The minimum absolute atomic E-state index is 0.105. The summed E-state index contributed by atoms with van der Waals surface area (Å²) in [7, 11) is 0. The second-order valence-corrected chi connectivity index (χ2v) is 4.85. The van der Waals surface area contributed by atoms with E-state index in [-0.39, 0.29) is 12.0 Å². The summed E-state index contributed by atoms with van der Waals surface area (Å²) in [4.78, 5) is 1.25. The molecule has 1 atom stereocenters. The molecule has 0 amide bonds. The van der Waals surface area contributed by atoms with E-state index in [9.17, 15) is 0 Å². The van der Waals surface area contributed by atoms with Crippen molar-refractivity contribution in [3.05, 3.63) is 29.8 Å². The second-order valence-electron chi connectivity index (χ2n) is 3.97. The van der Waals surface area contributed by atoms with E-state index in [0.717, 1.165) is 0 Å². The number of hydrogen-bond acceptors (Lipinski definition) is 3. The van der Waals surface area contributed by atoms with Crippen molar-refractivity contribution in [1.82, 2.24) is 0 Å². The van der Waals surface area contributed by atoms with E-state index >= 15 is 0 Å². The van der Waals surface area contributed by atoms with Gasteiger partial charge in [0.1, 0.15) is 0 Å². The first-order chi connectivity index (χ1) is 7.16. The average molecular weight is 225 g/mol. The van der Waals surface area contributed by atoms with Crippen LogP contribution in [0.4, 0.5) is 0 Å². The third-order valence-corrected chi connectivity index (χ3v) is 3.64. The Kier molecular flexibility index (Phi) is 4.64. The van der Waals surface area contributed by atoms with Crippen LogP contribution in [-0.2, 0) is 5.41 Å². The van der Waals surface area contributed by atoms with Gasteiger partial charge < -0.3 is 10.8 Å². The van der Waals surface area contributed by atoms with E-state index in [2.05, 4.69) is 37.4 Å². The van der Waals surface area contributed by atoms with Crippen LogP contribution in [0.5, 0.6) is 0 Å². The molecule has 0 saturated heterocycles. The van der Waals surface area contributed by atoms with E-state index in [0.29, 0.717) is 13.0 Å². The number of rotatable bonds is 5. The highest BCUT2D eigenvalue weighted by molar-refractivity contribution is 7.98. The first-order valence-corrected chi connectivity index (χ1v) is 6.34. The molecule has 2 nitrogen and oxygen atoms in total. The molecule has 0 fully saturated rings. The highest BCUT2D eigenvalue weighted by atomic mass is 32.2. The topological polar surface area (TPSA) is 46.2 Å². The molecule has 0 aromatic heterocycles. The van der Waals surface area contributed by atoms with Gasteiger partial charge in [-0.15, -0.1) is 11.8 Å². The van der Waals surface area contributed by atoms with Crippen LogP contribution in [0.2, 0.25) is 0 Å². The quantitative estimate of drug-likeness (QED) is 0.754. The van der Waals surface area contributed by atoms with E-state index < -0.39 is 0 Å². The van der Waals surface area contributed by atoms with Crippen LogP contribution in [0.3, 0.4) is 0 Å². The molecule has 0 aliphatic carbocycles. The molecular weight excluding hydrogens is 206 g/mol. The highest BCUT2D eigenvalue weighted by Gasteiger charge is 2.23. The third kappa shape index (κ3) is 2.97. The summed E-state index contributed by atoms with van der Waals surface area (Å²) in [6, 6.07) is 8.42. The molecule has 0 spiro atoms. The minimum atomic E-state index is -0.105. The van der Waals surface area contributed by atoms with Crippen LogP contribution >= 0.6 is 11.8 Å². The Balaban J connectivity index is 2.92. The average Bonchev–Trinajstić information content (AvgIpc) is 2.29. The lowest BCUT2D eigenvalue weighted by Gasteiger charge is -2.27. The Morgan fingerprint density at radius 2 is 1.93 bits per heavy atom. The van der Waals surface area contributed by atoms with Gasteiger partial charge in [0.2, 0.25) is 0 Å². The molecule has 15 heavy (non-hydrogen) atoms. The third-order valence-electron chi connectivity index (χ3n) is 2.90. The van der Waals surface area contributed by atoms with E-state index in [1.165, 1.54) is 10.5 Å². The first-order valence-electron chi connectivity index (χ1n) is 5.12. The number of hydrogen-bond donors (Lipinski definition) is 2. The monoisotopic (exact) mass is 225 g/mol. The normalized spacial score (nSPS) is 14.9. The second kappa shape index (κ2) is 5.54. The van der Waals surface area contributed by atoms with Gasteiger partial charge in [0, 0.05) is 23.5 Å². The van der Waals surface area contributed by atoms with Gasteiger partial charge in [0.25, 0.3) is 0 Å². The standard InChI is InChI=1S/C12H19NOS/c1-12(9-13,7-8-14)10-3-5-11(15-2)6-4-10/h3-6,14H,7-9,13H2,1-2H3. The smallest absolute Gasteiger partial charge is 0.0439 e. The van der Waals surface area contributed by atoms with E-state index in [1.807, 2.05) is 0 Å². The lowest BCUT2D eigenvalue weighted by Crippen LogP contribution is -2.32. The molecule has 0 heterocycles. The molecule has 1 aromatic carbocycles. The summed E-state index contributed by atoms with van der Waals surface area (Å²) in [6.45, 7) is 2.83. The van der Waals surface area contributed by atoms with Crippen LogP contribution in [0.15, 0.2) is 29.2 Å². The number of nitrogens with two attached hydrogens (primary N) is 1. The lowest BCUT2D eigenvalue weighted by atomic mass is 9.80. The van der Waals surface area contributed by atoms with Gasteiger partial charge in [0.15, 0.2) is 0 Å². The largest absolute Gasteiger partial charge is 0.396 e. The van der Waals surface area contributed by atoms with Gasteiger partial charge in [-0.05, 0) is 30.4 Å². The van der Waals surface area contributed by atoms with Gasteiger partial charge in [-0.1, -0.05) is 19.1 Å². The number of aliphatic hydroxyl groups is 1. The minimum Gasteiger partial charge on any atom is -0.396 e. The fraction of sp³-hybridized carbons (Fsp3) is 0.500. The van der Waals surface area contributed by atoms with Crippen molar-refractivity contribution < 1.29 is 5.11 Å². The van der Waals surface area contributed by atoms with Crippen molar-refractivity contribution in [3.63, 3.8) is 0 Å². The summed E-state index contributed by atoms with van der Waals surface area (Å²) in [5, 5.41) is 9.04. The molecule has 0 aliphatic rings. The van der Waals surface area contributed by atoms with Crippen molar-refractivity contribution in [3.8, 4) is 0 Å². The summed E-state index contributed by atoms with van der Waals surface area (Å²) < 4.78 is 0. The molecule has 0 bridgehead atoms. The molecule has 84 valence electrons. The van der Waals surface area contributed by atoms with Crippen molar-refractivity contribution in [2.45, 2.75) is 23.7 Å². The van der Waals surface area contributed by atoms with Crippen molar-refractivity contribution >= 4 is 11.8 Å². The Hall–Kier alpha value is -0.510. The maximum absolute atomic E-state index is 9.04. The molecule has 3 N–H and O–H groups in total. The van der Waals surface area contributed by atoms with Gasteiger partial charge in [-0.2, -0.15) is 0 Å². The fourth-order valence-corrected chi connectivity index (χ4v) is 2.01. The van der Waals surface area contributed by atoms with Crippen LogP contribution in [0.25, 0.3) is 0 Å². The van der Waals surface area contributed by atoms with Crippen LogP contribution < -0.4 is 5.73 Å². The zero-order valence-electron chi connectivity index (χ0n) is 9.36. The van der Waals surface area contributed by atoms with Gasteiger partial charge in [-0.3, -0.25) is 0 Å². The maximum Gasteiger partial charge on any atom is 0.0439 e. The zero-order valence-corrected chi connectivity index (χ0v) is 10.2. The summed E-state index contributed by atoms with van der Waals surface area (Å²) >= 11 is 1.73. The van der Waals surface area contributed by atoms with Gasteiger partial charge >= 0.3 is 0 Å². The molecular formula is C12H19NOS. The molecule has 1 rings (SSSR count). The SMILES string of the molecule is CSc1ccc(C(C)(CN)CCO)cc1. The highest BCUT2D eigenvalue weighted by Crippen LogP contribution is 2.27. The summed E-state index contributed by atoms with van der Waals surface area (Å²) in [5.41, 5.74) is 6.88. The van der Waals surface area contributed by atoms with Gasteiger partial charge in [-0.25, -0.2) is 0 Å². The molecule has 0 saturated carbocycles. The van der Waals surface area contributed by atoms with Crippen LogP contribution in [0, 0.1) is 0 Å². The Bertz CT molecular complexity index is 299. The summed E-state index contributed by atoms with van der Waals surface area (Å²) in [6.07, 6.45) is 2.77. The Morgan fingerprint density at radius 3 is 2.33 bits per heavy atom. The van der Waals surface area contributed by atoms with Crippen LogP contribution in [-0.4, -0.2) is 24.5 Å². The summed E-state index contributed by atoms with van der Waals surface area (Å²) in [5.74, 6) is 0. The van der Waals surface area contributed by atoms with Crippen molar-refractivity contribution in [1.29, 1.82) is 0 Å². The van der Waals surface area contributed by atoms with Crippen LogP contribution in [0.1, 0.15) is 18.9 Å². The Morgan fingerprint density at radius 1 is 1.33 bits per heavy atom. The maximum atomic E-state index is 9.04. The Labute approximate surface area is 95.9 Å². The first kappa shape index (κ1) is 12.6. The van der Waals surface area contributed by atoms with Crippen molar-refractivity contribution in [2.24, 2.45) is 5.73 Å². The molecule has 3 heteroatoms. The van der Waals surface area contributed by atoms with Gasteiger partial charge in [0.05, 0.1) is 0 Å².